The third-order valence-electron chi connectivity index (χ3n) is 6.20. The monoisotopic (exact) mass is 485 g/mol. The summed E-state index contributed by atoms with van der Waals surface area (Å²) in [6, 6.07) is 5.85. The van der Waals surface area contributed by atoms with Gasteiger partial charge >= 0.3 is 0 Å². The lowest BCUT2D eigenvalue weighted by Crippen LogP contribution is -2.52. The lowest BCUT2D eigenvalue weighted by atomic mass is 10.0. The summed E-state index contributed by atoms with van der Waals surface area (Å²) in [4.78, 5) is 31.3. The van der Waals surface area contributed by atoms with E-state index in [1.807, 2.05) is 18.2 Å². The van der Waals surface area contributed by atoms with Gasteiger partial charge in [0.15, 0.2) is 17.2 Å². The molecule has 11 nitrogen and oxygen atoms in total. The highest BCUT2D eigenvalue weighted by Gasteiger charge is 2.42. The summed E-state index contributed by atoms with van der Waals surface area (Å²) in [5.41, 5.74) is 1.62. The Bertz CT molecular complexity index is 1350. The number of hydrogen-bond donors (Lipinski definition) is 2. The number of H-pyrrole nitrogens is 1. The number of carbonyl (C=O) groups excluding carboxylic acids is 1. The molecule has 2 aromatic heterocycles. The summed E-state index contributed by atoms with van der Waals surface area (Å²) in [6.45, 7) is 4.66. The molecule has 1 amide bonds. The summed E-state index contributed by atoms with van der Waals surface area (Å²) < 4.78 is 30.9. The number of rotatable bonds is 5. The molecule has 0 radical (unpaired) electrons. The minimum absolute atomic E-state index is 0.0314. The number of fused-ring (bicyclic) bond motifs is 2. The number of ether oxygens (including phenoxy) is 1. The predicted molar refractivity (Wildman–Crippen MR) is 127 cm³/mol. The van der Waals surface area contributed by atoms with Crippen LogP contribution in [0.3, 0.4) is 0 Å². The number of sulfonamides is 1. The second kappa shape index (κ2) is 8.20. The second-order valence-corrected chi connectivity index (χ2v) is 11.2. The Morgan fingerprint density at radius 1 is 1.24 bits per heavy atom. The van der Waals surface area contributed by atoms with Crippen molar-refractivity contribution < 1.29 is 17.9 Å². The molecule has 3 aromatic rings. The van der Waals surface area contributed by atoms with E-state index in [0.29, 0.717) is 50.0 Å². The lowest BCUT2D eigenvalue weighted by molar-refractivity contribution is -0.133. The highest BCUT2D eigenvalue weighted by molar-refractivity contribution is 7.88. The van der Waals surface area contributed by atoms with E-state index in [0.717, 1.165) is 16.6 Å². The lowest BCUT2D eigenvalue weighted by Gasteiger charge is -2.38. The van der Waals surface area contributed by atoms with Gasteiger partial charge in [-0.1, -0.05) is 6.07 Å². The fourth-order valence-corrected chi connectivity index (χ4v) is 5.24. The molecule has 0 bridgehead atoms. The van der Waals surface area contributed by atoms with Crippen molar-refractivity contribution in [2.45, 2.75) is 44.9 Å². The van der Waals surface area contributed by atoms with Gasteiger partial charge in [-0.2, -0.15) is 4.98 Å². The summed E-state index contributed by atoms with van der Waals surface area (Å²) in [5.74, 6) is 1.02. The Kier molecular flexibility index (Phi) is 5.44. The molecule has 2 aliphatic heterocycles. The molecule has 12 heteroatoms. The predicted octanol–water partition coefficient (Wildman–Crippen LogP) is 1.89. The fourth-order valence-electron chi connectivity index (χ4n) is 4.36. The third kappa shape index (κ3) is 4.30. The number of aromatic amines is 1. The standard InChI is InChI=1S/C22H27N7O4S/c1-22(2)20(30)29(12-14-4-5-16-17(10-14)25-13-24-16)19-18(33-22)11-23-21(27-19)26-15-6-8-28(9-7-15)34(3,31)32/h4-5,10-11,13,15H,6-9,12H2,1-3H3,(H,24,25)(H,23,26,27). The van der Waals surface area contributed by atoms with Crippen LogP contribution in [0.25, 0.3) is 11.0 Å². The zero-order chi connectivity index (χ0) is 24.1. The second-order valence-electron chi connectivity index (χ2n) is 9.22. The van der Waals surface area contributed by atoms with Gasteiger partial charge in [-0.3, -0.25) is 9.69 Å². The van der Waals surface area contributed by atoms with Gasteiger partial charge in [0, 0.05) is 19.1 Å². The van der Waals surface area contributed by atoms with Crippen LogP contribution in [0.5, 0.6) is 5.75 Å². The maximum atomic E-state index is 13.3. The Morgan fingerprint density at radius 2 is 2.00 bits per heavy atom. The van der Waals surface area contributed by atoms with Crippen molar-refractivity contribution in [1.29, 1.82) is 0 Å². The van der Waals surface area contributed by atoms with Crippen LogP contribution >= 0.6 is 0 Å². The van der Waals surface area contributed by atoms with Gasteiger partial charge in [0.1, 0.15) is 0 Å². The number of nitrogens with zero attached hydrogens (tertiary/aromatic N) is 5. The van der Waals surface area contributed by atoms with Gasteiger partial charge in [-0.25, -0.2) is 22.7 Å². The van der Waals surface area contributed by atoms with Crippen LogP contribution in [-0.2, 0) is 21.4 Å². The number of piperidine rings is 1. The molecule has 0 unspecified atom stereocenters. The molecule has 1 aromatic carbocycles. The molecule has 2 aliphatic rings. The minimum atomic E-state index is -3.19. The summed E-state index contributed by atoms with van der Waals surface area (Å²) >= 11 is 0. The quantitative estimate of drug-likeness (QED) is 0.560. The van der Waals surface area contributed by atoms with Crippen LogP contribution in [0.2, 0.25) is 0 Å². The molecule has 34 heavy (non-hydrogen) atoms. The Balaban J connectivity index is 1.39. The van der Waals surface area contributed by atoms with Gasteiger partial charge in [-0.05, 0) is 44.4 Å². The van der Waals surface area contributed by atoms with Crippen molar-refractivity contribution in [2.75, 3.05) is 29.6 Å². The number of hydrogen-bond acceptors (Lipinski definition) is 8. The summed E-state index contributed by atoms with van der Waals surface area (Å²) in [6.07, 6.45) is 5.73. The largest absolute Gasteiger partial charge is 0.472 e. The van der Waals surface area contributed by atoms with E-state index in [2.05, 4.69) is 25.3 Å². The number of benzene rings is 1. The number of aromatic nitrogens is 4. The average molecular weight is 486 g/mol. The van der Waals surface area contributed by atoms with Crippen molar-refractivity contribution in [3.63, 3.8) is 0 Å². The SMILES string of the molecule is CC1(C)Oc2cnc(NC3CCN(S(C)(=O)=O)CC3)nc2N(Cc2ccc3nc[nH]c3c2)C1=O. The molecule has 1 saturated heterocycles. The first-order valence-electron chi connectivity index (χ1n) is 11.1. The molecule has 2 N–H and O–H groups in total. The molecule has 0 spiro atoms. The number of nitrogens with one attached hydrogen (secondary N) is 2. The van der Waals surface area contributed by atoms with E-state index in [1.165, 1.54) is 10.6 Å². The van der Waals surface area contributed by atoms with Crippen molar-refractivity contribution in [1.82, 2.24) is 24.2 Å². The van der Waals surface area contributed by atoms with E-state index in [-0.39, 0.29) is 11.9 Å². The molecule has 0 atom stereocenters. The maximum Gasteiger partial charge on any atom is 0.272 e. The van der Waals surface area contributed by atoms with E-state index in [4.69, 9.17) is 4.74 Å². The van der Waals surface area contributed by atoms with Crippen LogP contribution < -0.4 is 15.0 Å². The minimum Gasteiger partial charge on any atom is -0.472 e. The first kappa shape index (κ1) is 22.5. The zero-order valence-corrected chi connectivity index (χ0v) is 20.1. The van der Waals surface area contributed by atoms with Gasteiger partial charge in [-0.15, -0.1) is 0 Å². The highest BCUT2D eigenvalue weighted by Crippen LogP contribution is 2.37. The number of amides is 1. The Morgan fingerprint density at radius 3 is 2.74 bits per heavy atom. The number of carbonyl (C=O) groups is 1. The maximum absolute atomic E-state index is 13.3. The summed E-state index contributed by atoms with van der Waals surface area (Å²) in [5, 5.41) is 3.29. The van der Waals surface area contributed by atoms with E-state index in [1.54, 1.807) is 31.3 Å². The van der Waals surface area contributed by atoms with Gasteiger partial charge in [0.25, 0.3) is 5.91 Å². The number of anilines is 2. The van der Waals surface area contributed by atoms with Gasteiger partial charge in [0.2, 0.25) is 16.0 Å². The van der Waals surface area contributed by atoms with Crippen LogP contribution in [-0.4, -0.2) is 69.6 Å². The van der Waals surface area contributed by atoms with Crippen LogP contribution in [0.4, 0.5) is 11.8 Å². The van der Waals surface area contributed by atoms with E-state index >= 15 is 0 Å². The zero-order valence-electron chi connectivity index (χ0n) is 19.3. The van der Waals surface area contributed by atoms with Crippen molar-refractivity contribution >= 4 is 38.7 Å². The smallest absolute Gasteiger partial charge is 0.272 e. The van der Waals surface area contributed by atoms with E-state index < -0.39 is 15.6 Å². The molecule has 180 valence electrons. The molecule has 1 fully saturated rings. The molecule has 0 aliphatic carbocycles. The van der Waals surface area contributed by atoms with Crippen LogP contribution in [0.1, 0.15) is 32.3 Å². The Hall–Kier alpha value is -3.25. The van der Waals surface area contributed by atoms with Crippen molar-refractivity contribution in [3.05, 3.63) is 36.3 Å². The first-order valence-corrected chi connectivity index (χ1v) is 13.0. The molecular weight excluding hydrogens is 458 g/mol. The molecule has 0 saturated carbocycles. The molecule has 4 heterocycles. The topological polar surface area (TPSA) is 133 Å². The van der Waals surface area contributed by atoms with Crippen LogP contribution in [0.15, 0.2) is 30.7 Å². The number of imidazole rings is 1. The van der Waals surface area contributed by atoms with Crippen LogP contribution in [0, 0.1) is 0 Å². The fraction of sp³-hybridized carbons (Fsp3) is 0.455. The molecular formula is C22H27N7O4S. The van der Waals surface area contributed by atoms with Gasteiger partial charge in [0.05, 0.1) is 36.4 Å². The summed E-state index contributed by atoms with van der Waals surface area (Å²) in [7, 11) is -3.19. The van der Waals surface area contributed by atoms with Crippen molar-refractivity contribution in [2.24, 2.45) is 0 Å². The third-order valence-corrected chi connectivity index (χ3v) is 7.50. The Labute approximate surface area is 197 Å². The normalized spacial score (nSPS) is 19.1. The first-order chi connectivity index (χ1) is 16.1. The van der Waals surface area contributed by atoms with Gasteiger partial charge < -0.3 is 15.0 Å². The highest BCUT2D eigenvalue weighted by atomic mass is 32.2. The van der Waals surface area contributed by atoms with Crippen molar-refractivity contribution in [3.8, 4) is 5.75 Å². The average Bonchev–Trinajstić information content (AvgIpc) is 3.25. The molecule has 5 rings (SSSR count). The van der Waals surface area contributed by atoms with E-state index in [9.17, 15) is 13.2 Å².